The summed E-state index contributed by atoms with van der Waals surface area (Å²) in [5.74, 6) is 2.90. The van der Waals surface area contributed by atoms with Crippen LogP contribution in [0.3, 0.4) is 0 Å². The molecule has 3 aromatic rings. The number of fused-ring (bicyclic) bond motifs is 2. The van der Waals surface area contributed by atoms with Gasteiger partial charge in [0.2, 0.25) is 5.91 Å². The van der Waals surface area contributed by atoms with Crippen molar-refractivity contribution < 1.29 is 18.4 Å². The summed E-state index contributed by atoms with van der Waals surface area (Å²) in [4.78, 5) is 28.8. The molecule has 2 heterocycles. The number of amides is 3. The zero-order valence-corrected chi connectivity index (χ0v) is 19.5. The van der Waals surface area contributed by atoms with E-state index in [4.69, 9.17) is 0 Å². The van der Waals surface area contributed by atoms with Crippen molar-refractivity contribution in [3.05, 3.63) is 82.7 Å². The molecule has 1 atom stereocenters. The first-order chi connectivity index (χ1) is 16.9. The Bertz CT molecular complexity index is 1370. The summed E-state index contributed by atoms with van der Waals surface area (Å²) in [5, 5.41) is 4.43. The van der Waals surface area contributed by atoms with Crippen LogP contribution in [0.25, 0.3) is 0 Å². The molecule has 1 aliphatic carbocycles. The Morgan fingerprint density at radius 3 is 2.39 bits per heavy atom. The van der Waals surface area contributed by atoms with E-state index < -0.39 is 34.8 Å². The average Bonchev–Trinajstić information content (AvgIpc) is 3.28. The van der Waals surface area contributed by atoms with Gasteiger partial charge in [0.05, 0.1) is 18.2 Å². The Morgan fingerprint density at radius 1 is 1.06 bits per heavy atom. The zero-order valence-electron chi connectivity index (χ0n) is 19.5. The first kappa shape index (κ1) is 25.1. The highest BCUT2D eigenvalue weighted by atomic mass is 19.1. The average molecular weight is 491 g/mol. The van der Waals surface area contributed by atoms with E-state index in [1.54, 1.807) is 25.4 Å². The Hall–Kier alpha value is -3.99. The van der Waals surface area contributed by atoms with Gasteiger partial charge in [-0.15, -0.1) is 0 Å². The van der Waals surface area contributed by atoms with Crippen molar-refractivity contribution >= 4 is 17.6 Å². The number of nitrogens with zero attached hydrogens (tertiary/aromatic N) is 4. The van der Waals surface area contributed by atoms with E-state index >= 15 is 8.78 Å². The Morgan fingerprint density at radius 2 is 1.72 bits per heavy atom. The molecule has 0 N–H and O–H groups in total. The molecule has 36 heavy (non-hydrogen) atoms. The van der Waals surface area contributed by atoms with Crippen molar-refractivity contribution in [3.63, 3.8) is 0 Å². The maximum atomic E-state index is 15.1. The van der Waals surface area contributed by atoms with Crippen LogP contribution in [0.1, 0.15) is 56.0 Å². The van der Waals surface area contributed by atoms with Crippen molar-refractivity contribution in [2.45, 2.75) is 52.1 Å². The number of carbonyl (C=O) groups excluding carboxylic acids is 2. The number of rotatable bonds is 2. The molecule has 0 bridgehead atoms. The summed E-state index contributed by atoms with van der Waals surface area (Å²) < 4.78 is 32.1. The smallest absolute Gasteiger partial charge is 0.317 e. The second-order valence-corrected chi connectivity index (χ2v) is 8.86. The van der Waals surface area contributed by atoms with Crippen molar-refractivity contribution in [2.75, 3.05) is 11.9 Å². The highest BCUT2D eigenvalue weighted by molar-refractivity contribution is 6.16. The molecule has 6 nitrogen and oxygen atoms in total. The van der Waals surface area contributed by atoms with Crippen LogP contribution in [0.2, 0.25) is 0 Å². The number of aryl methyl sites for hydroxylation is 1. The van der Waals surface area contributed by atoms with E-state index in [-0.39, 0.29) is 19.4 Å². The maximum Gasteiger partial charge on any atom is 0.332 e. The van der Waals surface area contributed by atoms with Gasteiger partial charge in [-0.1, -0.05) is 37.5 Å². The maximum absolute atomic E-state index is 15.1. The van der Waals surface area contributed by atoms with Gasteiger partial charge >= 0.3 is 6.03 Å². The molecular formula is C28H28F2N4O2. The fraction of sp³-hybridized carbons (Fsp3) is 0.321. The van der Waals surface area contributed by atoms with Gasteiger partial charge in [-0.05, 0) is 50.5 Å². The second-order valence-electron chi connectivity index (χ2n) is 8.86. The van der Waals surface area contributed by atoms with Crippen molar-refractivity contribution in [2.24, 2.45) is 0 Å². The number of aromatic nitrogens is 2. The fourth-order valence-corrected chi connectivity index (χ4v) is 5.18. The topological polar surface area (TPSA) is 58.4 Å². The van der Waals surface area contributed by atoms with E-state index in [1.807, 2.05) is 29.8 Å². The predicted octanol–water partition coefficient (Wildman–Crippen LogP) is 5.24. The summed E-state index contributed by atoms with van der Waals surface area (Å²) in [6.07, 6.45) is 3.80. The molecule has 2 aliphatic rings. The molecule has 0 saturated carbocycles. The SMILES string of the molecule is C.CCn1ncc2c1CCC[C@]21CC(=O)N(c2c(F)cc(C#Cc3ccccc3)cc2F)C(=O)N1C. The lowest BCUT2D eigenvalue weighted by atomic mass is 9.75. The van der Waals surface area contributed by atoms with E-state index in [1.165, 1.54) is 4.90 Å². The summed E-state index contributed by atoms with van der Waals surface area (Å²) in [6, 6.07) is 10.4. The van der Waals surface area contributed by atoms with Crippen LogP contribution in [-0.4, -0.2) is 33.7 Å². The summed E-state index contributed by atoms with van der Waals surface area (Å²) in [5.41, 5.74) is 1.09. The molecule has 1 aromatic heterocycles. The van der Waals surface area contributed by atoms with Gasteiger partial charge in [-0.2, -0.15) is 5.10 Å². The molecule has 0 unspecified atom stereocenters. The number of imide groups is 1. The van der Waals surface area contributed by atoms with Crippen molar-refractivity contribution in [3.8, 4) is 11.8 Å². The van der Waals surface area contributed by atoms with Gasteiger partial charge in [0.25, 0.3) is 0 Å². The van der Waals surface area contributed by atoms with Gasteiger partial charge in [-0.25, -0.2) is 18.5 Å². The number of carbonyl (C=O) groups is 2. The van der Waals surface area contributed by atoms with Crippen LogP contribution in [0, 0.1) is 23.5 Å². The lowest BCUT2D eigenvalue weighted by Gasteiger charge is -2.49. The second kappa shape index (κ2) is 9.57. The third-order valence-electron chi connectivity index (χ3n) is 6.93. The minimum atomic E-state index is -1.02. The number of hydrogen-bond acceptors (Lipinski definition) is 3. The van der Waals surface area contributed by atoms with Gasteiger partial charge < -0.3 is 4.90 Å². The van der Waals surface area contributed by atoms with Crippen molar-refractivity contribution in [1.82, 2.24) is 14.7 Å². The van der Waals surface area contributed by atoms with Crippen LogP contribution in [0.5, 0.6) is 0 Å². The molecule has 5 rings (SSSR count). The number of benzene rings is 2. The number of anilines is 1. The molecule has 1 spiro atoms. The third-order valence-corrected chi connectivity index (χ3v) is 6.93. The van der Waals surface area contributed by atoms with E-state index in [0.717, 1.165) is 36.2 Å². The molecular weight excluding hydrogens is 462 g/mol. The fourth-order valence-electron chi connectivity index (χ4n) is 5.18. The normalized spacial score (nSPS) is 19.0. The summed E-state index contributed by atoms with van der Waals surface area (Å²) >= 11 is 0. The molecule has 1 saturated heterocycles. The highest BCUT2D eigenvalue weighted by Gasteiger charge is 2.52. The van der Waals surface area contributed by atoms with Gasteiger partial charge in [-0.3, -0.25) is 9.48 Å². The Balaban J connectivity index is 0.00000304. The largest absolute Gasteiger partial charge is 0.332 e. The standard InChI is InChI=1S/C27H24F2N4O2.CH4/c1-3-32-23-10-7-13-27(20(23)17-30-32)16-24(34)33(26(35)31(27)2)25-21(28)14-19(15-22(25)29)12-11-18-8-5-4-6-9-18;/h4-6,8-9,14-15,17H,3,7,10,13,16H2,1-2H3;1H4/t27-;/m0./s1. The van der Waals surface area contributed by atoms with Crippen LogP contribution in [0.15, 0.2) is 48.7 Å². The van der Waals surface area contributed by atoms with Gasteiger partial charge in [0.1, 0.15) is 5.69 Å². The minimum Gasteiger partial charge on any atom is -0.317 e. The first-order valence-corrected chi connectivity index (χ1v) is 11.6. The van der Waals surface area contributed by atoms with E-state index in [0.29, 0.717) is 23.4 Å². The third kappa shape index (κ3) is 3.95. The Kier molecular flexibility index (Phi) is 6.68. The van der Waals surface area contributed by atoms with Crippen LogP contribution >= 0.6 is 0 Å². The number of urea groups is 1. The zero-order chi connectivity index (χ0) is 24.7. The van der Waals surface area contributed by atoms with E-state index in [9.17, 15) is 9.59 Å². The van der Waals surface area contributed by atoms with Gasteiger partial charge in [0, 0.05) is 36.0 Å². The number of halogens is 2. The first-order valence-electron chi connectivity index (χ1n) is 11.6. The molecule has 1 aliphatic heterocycles. The van der Waals surface area contributed by atoms with Crippen LogP contribution in [0.4, 0.5) is 19.3 Å². The lowest BCUT2D eigenvalue weighted by Crippen LogP contribution is -2.62. The molecule has 2 aromatic carbocycles. The lowest BCUT2D eigenvalue weighted by molar-refractivity contribution is -0.123. The predicted molar refractivity (Wildman–Crippen MR) is 133 cm³/mol. The van der Waals surface area contributed by atoms with E-state index in [2.05, 4.69) is 16.9 Å². The molecule has 0 radical (unpaired) electrons. The van der Waals surface area contributed by atoms with Crippen LogP contribution in [-0.2, 0) is 23.3 Å². The Labute approximate surface area is 209 Å². The summed E-state index contributed by atoms with van der Waals surface area (Å²) in [7, 11) is 1.58. The summed E-state index contributed by atoms with van der Waals surface area (Å²) in [6.45, 7) is 2.66. The monoisotopic (exact) mass is 490 g/mol. The van der Waals surface area contributed by atoms with Gasteiger partial charge in [0.15, 0.2) is 11.6 Å². The molecule has 1 fully saturated rings. The number of hydrogen-bond donors (Lipinski definition) is 0. The minimum absolute atomic E-state index is 0. The highest BCUT2D eigenvalue weighted by Crippen LogP contribution is 2.46. The molecule has 8 heteroatoms. The molecule has 3 amide bonds. The molecule has 186 valence electrons. The quantitative estimate of drug-likeness (QED) is 0.462. The van der Waals surface area contributed by atoms with Crippen LogP contribution < -0.4 is 4.90 Å². The van der Waals surface area contributed by atoms with Crippen molar-refractivity contribution in [1.29, 1.82) is 0 Å².